The quantitative estimate of drug-likeness (QED) is 0.417. The van der Waals surface area contributed by atoms with Crippen molar-refractivity contribution in [1.82, 2.24) is 0 Å². The molecule has 1 heterocycles. The molecule has 3 fully saturated rings. The van der Waals surface area contributed by atoms with Gasteiger partial charge in [0.05, 0.1) is 12.2 Å². The van der Waals surface area contributed by atoms with Gasteiger partial charge >= 0.3 is 0 Å². The maximum atomic E-state index is 6.66. The van der Waals surface area contributed by atoms with Crippen LogP contribution in [0.2, 0.25) is 18.1 Å². The third-order valence-corrected chi connectivity index (χ3v) is 12.8. The van der Waals surface area contributed by atoms with Crippen molar-refractivity contribution in [3.05, 3.63) is 12.2 Å². The molecule has 2 nitrogen and oxygen atoms in total. The first-order valence-corrected chi connectivity index (χ1v) is 12.1. The molecule has 1 saturated heterocycles. The number of ether oxygens (including phenoxy) is 1. The average molecular weight is 371 g/mol. The first kappa shape index (κ1) is 14.9. The lowest BCUT2D eigenvalue weighted by molar-refractivity contribution is 0.0694. The van der Waals surface area contributed by atoms with Gasteiger partial charge in [-0.25, -0.2) is 0 Å². The zero-order valence-electron chi connectivity index (χ0n) is 13.7. The molecule has 4 rings (SSSR count). The first-order chi connectivity index (χ1) is 9.67. The molecule has 118 valence electrons. The van der Waals surface area contributed by atoms with E-state index in [-0.39, 0.29) is 10.5 Å². The summed E-state index contributed by atoms with van der Waals surface area (Å²) >= 11 is 3.94. The van der Waals surface area contributed by atoms with E-state index < -0.39 is 8.32 Å². The number of fused-ring (bicyclic) bond motifs is 2. The number of hydrogen-bond acceptors (Lipinski definition) is 2. The smallest absolute Gasteiger partial charge is 0.192 e. The minimum Gasteiger partial charge on any atom is -0.416 e. The molecular formula is C17H27BrO2Si. The summed E-state index contributed by atoms with van der Waals surface area (Å²) in [5.41, 5.74) is 0.242. The molecule has 2 bridgehead atoms. The van der Waals surface area contributed by atoms with Crippen LogP contribution in [0, 0.1) is 23.2 Å². The van der Waals surface area contributed by atoms with Crippen LogP contribution in [0.25, 0.3) is 0 Å². The summed E-state index contributed by atoms with van der Waals surface area (Å²) in [7, 11) is -1.69. The van der Waals surface area contributed by atoms with Gasteiger partial charge in [0.1, 0.15) is 0 Å². The number of rotatable bonds is 3. The monoisotopic (exact) mass is 370 g/mol. The predicted octanol–water partition coefficient (Wildman–Crippen LogP) is 4.36. The van der Waals surface area contributed by atoms with Crippen molar-refractivity contribution in [2.45, 2.75) is 62.4 Å². The molecule has 0 N–H and O–H groups in total. The van der Waals surface area contributed by atoms with E-state index in [1.165, 1.54) is 6.42 Å². The lowest BCUT2D eigenvalue weighted by Crippen LogP contribution is -2.49. The normalized spacial score (nSPS) is 50.4. The van der Waals surface area contributed by atoms with Gasteiger partial charge in [0, 0.05) is 22.8 Å². The van der Waals surface area contributed by atoms with Crippen molar-refractivity contribution in [1.29, 1.82) is 0 Å². The second-order valence-corrected chi connectivity index (χ2v) is 14.9. The van der Waals surface area contributed by atoms with Crippen LogP contribution >= 0.6 is 15.9 Å². The molecular weight excluding hydrogens is 344 g/mol. The lowest BCUT2D eigenvalue weighted by Gasteiger charge is -2.44. The highest BCUT2D eigenvalue weighted by atomic mass is 79.9. The Balaban J connectivity index is 1.60. The third kappa shape index (κ3) is 1.76. The standard InChI is InChI=1S/C17H27BrO2Si/c1-16(2,3)21(4,5)19-9-17-7-6-12-13(17)10-8-11(17)14(18)15(10)20-12/h6-7,10-15H,8-9H2,1-5H3/t10-,11-,12+,13?,14?,15+,17-/m1/s1. The van der Waals surface area contributed by atoms with Gasteiger partial charge in [0.2, 0.25) is 0 Å². The molecule has 0 aromatic carbocycles. The Hall–Kier alpha value is 0.357. The maximum absolute atomic E-state index is 6.66. The zero-order valence-corrected chi connectivity index (χ0v) is 16.3. The van der Waals surface area contributed by atoms with E-state index in [1.54, 1.807) is 0 Å². The average Bonchev–Trinajstić information content (AvgIpc) is 3.03. The van der Waals surface area contributed by atoms with E-state index in [2.05, 4.69) is 61.9 Å². The van der Waals surface area contributed by atoms with Gasteiger partial charge < -0.3 is 9.16 Å². The molecule has 0 aromatic heterocycles. The Bertz CT molecular complexity index is 498. The Labute approximate surface area is 137 Å². The van der Waals surface area contributed by atoms with Crippen LogP contribution in [0.4, 0.5) is 0 Å². The highest BCUT2D eigenvalue weighted by molar-refractivity contribution is 9.09. The Morgan fingerprint density at radius 2 is 2.10 bits per heavy atom. The van der Waals surface area contributed by atoms with E-state index >= 15 is 0 Å². The van der Waals surface area contributed by atoms with Crippen molar-refractivity contribution in [2.75, 3.05) is 6.61 Å². The molecule has 2 saturated carbocycles. The van der Waals surface area contributed by atoms with Crippen LogP contribution in [0.5, 0.6) is 0 Å². The van der Waals surface area contributed by atoms with Crippen molar-refractivity contribution in [2.24, 2.45) is 23.2 Å². The molecule has 0 spiro atoms. The van der Waals surface area contributed by atoms with Gasteiger partial charge in [-0.1, -0.05) is 48.9 Å². The summed E-state index contributed by atoms with van der Waals surface area (Å²) in [6.07, 6.45) is 6.93. The largest absolute Gasteiger partial charge is 0.416 e. The Morgan fingerprint density at radius 1 is 1.38 bits per heavy atom. The lowest BCUT2D eigenvalue weighted by atomic mass is 9.68. The molecule has 4 aliphatic rings. The summed E-state index contributed by atoms with van der Waals surface area (Å²) in [5, 5.41) is 0.283. The molecule has 0 aromatic rings. The van der Waals surface area contributed by atoms with Gasteiger partial charge in [-0.3, -0.25) is 0 Å². The topological polar surface area (TPSA) is 18.5 Å². The summed E-state index contributed by atoms with van der Waals surface area (Å²) < 4.78 is 13.0. The second-order valence-electron chi connectivity index (χ2n) is 9.06. The number of alkyl halides is 1. The Morgan fingerprint density at radius 3 is 2.76 bits per heavy atom. The van der Waals surface area contributed by atoms with Crippen LogP contribution < -0.4 is 0 Å². The van der Waals surface area contributed by atoms with E-state index in [0.29, 0.717) is 28.9 Å². The maximum Gasteiger partial charge on any atom is 0.192 e. The van der Waals surface area contributed by atoms with Crippen LogP contribution in [-0.2, 0) is 9.16 Å². The summed E-state index contributed by atoms with van der Waals surface area (Å²) in [6, 6.07) is 0. The summed E-state index contributed by atoms with van der Waals surface area (Å²) in [4.78, 5) is 0.525. The third-order valence-electron chi connectivity index (χ3n) is 7.17. The fourth-order valence-corrected chi connectivity index (χ4v) is 7.24. The summed E-state index contributed by atoms with van der Waals surface area (Å²) in [6.45, 7) is 12.6. The van der Waals surface area contributed by atoms with Crippen molar-refractivity contribution in [3.8, 4) is 0 Å². The van der Waals surface area contributed by atoms with E-state index in [1.807, 2.05) is 0 Å². The minimum absolute atomic E-state index is 0.242. The second kappa shape index (κ2) is 4.25. The van der Waals surface area contributed by atoms with E-state index in [4.69, 9.17) is 9.16 Å². The predicted molar refractivity (Wildman–Crippen MR) is 91.2 cm³/mol. The molecule has 4 heteroatoms. The van der Waals surface area contributed by atoms with Crippen LogP contribution in [0.15, 0.2) is 12.2 Å². The highest BCUT2D eigenvalue weighted by Gasteiger charge is 2.72. The fraction of sp³-hybridized carbons (Fsp3) is 0.882. The van der Waals surface area contributed by atoms with Gasteiger partial charge in [0.25, 0.3) is 0 Å². The Kier molecular flexibility index (Phi) is 3.02. The van der Waals surface area contributed by atoms with Gasteiger partial charge in [-0.05, 0) is 36.4 Å². The van der Waals surface area contributed by atoms with E-state index in [9.17, 15) is 0 Å². The molecule has 21 heavy (non-hydrogen) atoms. The van der Waals surface area contributed by atoms with Gasteiger partial charge in [-0.15, -0.1) is 0 Å². The molecule has 2 unspecified atom stereocenters. The highest BCUT2D eigenvalue weighted by Crippen LogP contribution is 2.70. The van der Waals surface area contributed by atoms with Crippen molar-refractivity contribution >= 4 is 24.2 Å². The van der Waals surface area contributed by atoms with Gasteiger partial charge in [0.15, 0.2) is 8.32 Å². The molecule has 0 radical (unpaired) electrons. The molecule has 7 atom stereocenters. The first-order valence-electron chi connectivity index (χ1n) is 8.30. The van der Waals surface area contributed by atoms with Gasteiger partial charge in [-0.2, -0.15) is 0 Å². The zero-order chi connectivity index (χ0) is 15.2. The van der Waals surface area contributed by atoms with Crippen LogP contribution in [0.3, 0.4) is 0 Å². The van der Waals surface area contributed by atoms with E-state index in [0.717, 1.165) is 12.5 Å². The van der Waals surface area contributed by atoms with Crippen LogP contribution in [-0.4, -0.2) is 32.0 Å². The fourth-order valence-electron chi connectivity index (χ4n) is 4.97. The van der Waals surface area contributed by atoms with Crippen LogP contribution in [0.1, 0.15) is 27.2 Å². The minimum atomic E-state index is -1.69. The number of halogens is 1. The molecule has 1 aliphatic heterocycles. The molecule has 3 aliphatic carbocycles. The van der Waals surface area contributed by atoms with Crippen molar-refractivity contribution < 1.29 is 9.16 Å². The number of hydrogen-bond donors (Lipinski definition) is 0. The summed E-state index contributed by atoms with van der Waals surface area (Å²) in [5.74, 6) is 2.14. The van der Waals surface area contributed by atoms with Crippen molar-refractivity contribution in [3.63, 3.8) is 0 Å². The SMILES string of the molecule is CC(C)(C)[Si](C)(C)OC[C@]12C=C[C@@H]3O[C@@H]4C(Br)[C@H]1C[C@@H]4C32. The molecule has 0 amide bonds.